The Kier molecular flexibility index (Phi) is 5.71. The third-order valence-corrected chi connectivity index (χ3v) is 6.71. The van der Waals surface area contributed by atoms with Gasteiger partial charge in [0.15, 0.2) is 0 Å². The predicted molar refractivity (Wildman–Crippen MR) is 63.6 cm³/mol. The second-order valence-electron chi connectivity index (χ2n) is 2.79. The molecule has 0 aromatic rings. The molecule has 0 aromatic carbocycles. The van der Waals surface area contributed by atoms with E-state index in [1.165, 1.54) is 0 Å². The quantitative estimate of drug-likeness (QED) is 0.544. The van der Waals surface area contributed by atoms with Gasteiger partial charge in [0.2, 0.25) is 6.49 Å². The molecule has 0 aromatic heterocycles. The van der Waals surface area contributed by atoms with Crippen molar-refractivity contribution in [2.75, 3.05) is 25.7 Å². The van der Waals surface area contributed by atoms with Crippen molar-refractivity contribution in [3.63, 3.8) is 0 Å². The van der Waals surface area contributed by atoms with Crippen molar-refractivity contribution in [2.24, 2.45) is 0 Å². The summed E-state index contributed by atoms with van der Waals surface area (Å²) in [5.41, 5.74) is 0. The molecule has 6 heteroatoms. The van der Waals surface area contributed by atoms with E-state index in [2.05, 4.69) is 0 Å². The predicted octanol–water partition coefficient (Wildman–Crippen LogP) is 1.67. The molecular formula is C7H17O3PS2. The zero-order chi connectivity index (χ0) is 10.5. The van der Waals surface area contributed by atoms with E-state index in [1.807, 2.05) is 13.8 Å². The monoisotopic (exact) mass is 244 g/mol. The molecule has 0 saturated carbocycles. The lowest BCUT2D eigenvalue weighted by Gasteiger charge is -2.17. The third kappa shape index (κ3) is 6.63. The van der Waals surface area contributed by atoms with E-state index < -0.39 is 16.0 Å². The maximum atomic E-state index is 11.5. The van der Waals surface area contributed by atoms with Gasteiger partial charge in [-0.25, -0.2) is 0 Å². The molecule has 0 atom stereocenters. The van der Waals surface area contributed by atoms with Gasteiger partial charge in [-0.3, -0.25) is 4.21 Å². The van der Waals surface area contributed by atoms with E-state index in [1.54, 1.807) is 17.6 Å². The van der Waals surface area contributed by atoms with Gasteiger partial charge in [-0.05, 0) is 35.2 Å². The van der Waals surface area contributed by atoms with E-state index in [-0.39, 0.29) is 0 Å². The lowest BCUT2D eigenvalue weighted by Crippen LogP contribution is -2.03. The van der Waals surface area contributed by atoms with Gasteiger partial charge in [0.1, 0.15) is 0 Å². The molecule has 0 radical (unpaired) electrons. The Hall–Kier alpha value is 0.590. The van der Waals surface area contributed by atoms with Crippen LogP contribution >= 0.6 is 6.49 Å². The summed E-state index contributed by atoms with van der Waals surface area (Å²) >= 11 is 5.18. The first kappa shape index (κ1) is 13.6. The van der Waals surface area contributed by atoms with Crippen LogP contribution in [0.3, 0.4) is 0 Å². The molecule has 0 unspecified atom stereocenters. The van der Waals surface area contributed by atoms with Crippen LogP contribution < -0.4 is 0 Å². The normalized spacial score (nSPS) is 12.9. The van der Waals surface area contributed by atoms with E-state index in [0.29, 0.717) is 13.2 Å². The summed E-state index contributed by atoms with van der Waals surface area (Å²) in [6, 6.07) is 0. The lowest BCUT2D eigenvalue weighted by atomic mass is 10.9. The Bertz CT molecular complexity index is 287. The summed E-state index contributed by atoms with van der Waals surface area (Å²) in [7, 11) is -2.01. The smallest absolute Gasteiger partial charge is 0.220 e. The van der Waals surface area contributed by atoms with Gasteiger partial charge >= 0.3 is 0 Å². The fourth-order valence-electron chi connectivity index (χ4n) is 0.769. The van der Waals surface area contributed by atoms with Gasteiger partial charge in [0, 0.05) is 12.5 Å². The molecule has 0 rings (SSSR count). The fraction of sp³-hybridized carbons (Fsp3) is 0.857. The molecule has 0 heterocycles. The Labute approximate surface area is 86.0 Å². The highest BCUT2D eigenvalue weighted by atomic mass is 32.5. The summed E-state index contributed by atoms with van der Waals surface area (Å²) in [5.74, 6) is 0. The summed E-state index contributed by atoms with van der Waals surface area (Å²) < 4.78 is 22.1. The van der Waals surface area contributed by atoms with E-state index >= 15 is 0 Å². The van der Waals surface area contributed by atoms with Gasteiger partial charge in [0.05, 0.1) is 18.3 Å². The zero-order valence-electron chi connectivity index (χ0n) is 8.48. The summed E-state index contributed by atoms with van der Waals surface area (Å²) in [4.78, 5) is 0. The summed E-state index contributed by atoms with van der Waals surface area (Å²) in [6.45, 7) is 2.27. The highest BCUT2D eigenvalue weighted by Gasteiger charge is 2.15. The summed E-state index contributed by atoms with van der Waals surface area (Å²) in [6.07, 6.45) is 3.26. The van der Waals surface area contributed by atoms with Crippen LogP contribution in [0.1, 0.15) is 13.8 Å². The Morgan fingerprint density at radius 1 is 1.31 bits per heavy atom. The Balaban J connectivity index is 4.82. The molecule has 0 aliphatic rings. The van der Waals surface area contributed by atoms with Gasteiger partial charge in [0.25, 0.3) is 0 Å². The lowest BCUT2D eigenvalue weighted by molar-refractivity contribution is 0.278. The van der Waals surface area contributed by atoms with Crippen molar-refractivity contribution in [2.45, 2.75) is 13.8 Å². The Morgan fingerprint density at radius 3 is 1.92 bits per heavy atom. The van der Waals surface area contributed by atoms with Gasteiger partial charge in [-0.2, -0.15) is 0 Å². The molecule has 80 valence electrons. The SMILES string of the molecule is CCOP(=S)(C=S(C)(C)=O)OCC. The molecule has 0 aliphatic heterocycles. The zero-order valence-corrected chi connectivity index (χ0v) is 11.0. The van der Waals surface area contributed by atoms with Crippen molar-refractivity contribution in [3.05, 3.63) is 0 Å². The van der Waals surface area contributed by atoms with E-state index in [9.17, 15) is 4.21 Å². The first-order valence-corrected chi connectivity index (χ1v) is 9.16. The molecule has 0 saturated heterocycles. The Morgan fingerprint density at radius 2 is 1.69 bits per heavy atom. The molecule has 0 aliphatic carbocycles. The third-order valence-electron chi connectivity index (χ3n) is 1.00. The first-order chi connectivity index (χ1) is 5.83. The van der Waals surface area contributed by atoms with Crippen molar-refractivity contribution in [1.82, 2.24) is 0 Å². The number of rotatable bonds is 5. The van der Waals surface area contributed by atoms with Crippen molar-refractivity contribution in [1.29, 1.82) is 0 Å². The number of hydrogen-bond acceptors (Lipinski definition) is 4. The van der Waals surface area contributed by atoms with Crippen LogP contribution in [-0.2, 0) is 30.4 Å². The van der Waals surface area contributed by atoms with Crippen LogP contribution in [0.25, 0.3) is 0 Å². The average molecular weight is 244 g/mol. The standard InChI is InChI=1S/C7H17O3PS2/c1-5-9-11(12,10-6-2)7-13(3,4)8/h7H,5-6H2,1-4H3. The van der Waals surface area contributed by atoms with Crippen LogP contribution in [0.2, 0.25) is 0 Å². The van der Waals surface area contributed by atoms with E-state index in [4.69, 9.17) is 20.9 Å². The van der Waals surface area contributed by atoms with Gasteiger partial charge in [-0.1, -0.05) is 0 Å². The van der Waals surface area contributed by atoms with Crippen LogP contribution in [0.15, 0.2) is 0 Å². The maximum absolute atomic E-state index is 11.5. The summed E-state index contributed by atoms with van der Waals surface area (Å²) in [5, 5.41) is 1.56. The maximum Gasteiger partial charge on any atom is 0.220 e. The highest BCUT2D eigenvalue weighted by molar-refractivity contribution is 8.25. The minimum absolute atomic E-state index is 0.489. The van der Waals surface area contributed by atoms with E-state index in [0.717, 1.165) is 0 Å². The molecule has 3 nitrogen and oxygen atoms in total. The average Bonchev–Trinajstić information content (AvgIpc) is 1.82. The molecule has 0 N–H and O–H groups in total. The minimum atomic E-state index is -2.41. The molecule has 0 spiro atoms. The molecule has 0 amide bonds. The van der Waals surface area contributed by atoms with Crippen LogP contribution in [-0.4, -0.2) is 35.0 Å². The second-order valence-corrected chi connectivity index (χ2v) is 9.37. The van der Waals surface area contributed by atoms with Crippen LogP contribution in [0.4, 0.5) is 0 Å². The van der Waals surface area contributed by atoms with Crippen LogP contribution in [0, 0.1) is 0 Å². The molecular weight excluding hydrogens is 227 g/mol. The van der Waals surface area contributed by atoms with Crippen molar-refractivity contribution < 1.29 is 13.3 Å². The molecule has 13 heavy (non-hydrogen) atoms. The van der Waals surface area contributed by atoms with Crippen LogP contribution in [0.5, 0.6) is 0 Å². The highest BCUT2D eigenvalue weighted by Crippen LogP contribution is 2.45. The largest absolute Gasteiger partial charge is 0.326 e. The topological polar surface area (TPSA) is 35.5 Å². The molecule has 0 fully saturated rings. The number of hydrogen-bond donors (Lipinski definition) is 0. The first-order valence-electron chi connectivity index (χ1n) is 4.02. The van der Waals surface area contributed by atoms with Crippen molar-refractivity contribution >= 4 is 32.9 Å². The van der Waals surface area contributed by atoms with Gasteiger partial charge in [-0.15, -0.1) is 0 Å². The minimum Gasteiger partial charge on any atom is -0.326 e. The molecule has 0 bridgehead atoms. The van der Waals surface area contributed by atoms with Crippen molar-refractivity contribution in [3.8, 4) is 0 Å². The second kappa shape index (κ2) is 5.47. The van der Waals surface area contributed by atoms with Gasteiger partial charge < -0.3 is 9.05 Å². The fourth-order valence-corrected chi connectivity index (χ4v) is 7.04.